The Hall–Kier alpha value is -0.610. The van der Waals surface area contributed by atoms with Crippen molar-refractivity contribution >= 4 is 5.91 Å². The summed E-state index contributed by atoms with van der Waals surface area (Å²) in [7, 11) is 0. The lowest BCUT2D eigenvalue weighted by molar-refractivity contribution is -0.118. The van der Waals surface area contributed by atoms with Crippen LogP contribution >= 0.6 is 0 Å². The Labute approximate surface area is 78.8 Å². The number of carbonyl (C=O) groups is 1. The van der Waals surface area contributed by atoms with Crippen LogP contribution in [0.15, 0.2) is 0 Å². The van der Waals surface area contributed by atoms with Crippen molar-refractivity contribution in [3.05, 3.63) is 0 Å². The van der Waals surface area contributed by atoms with E-state index in [2.05, 4.69) is 5.32 Å². The minimum absolute atomic E-state index is 0.179. The molecule has 0 spiro atoms. The molecule has 0 saturated carbocycles. The van der Waals surface area contributed by atoms with Gasteiger partial charge in [0.2, 0.25) is 5.91 Å². The van der Waals surface area contributed by atoms with E-state index in [1.807, 2.05) is 6.92 Å². The Bertz CT molecular complexity index is 167. The second kappa shape index (κ2) is 5.19. The van der Waals surface area contributed by atoms with Crippen LogP contribution in [0, 0.1) is 5.92 Å². The molecular formula is C9H18N2O2. The van der Waals surface area contributed by atoms with Crippen LogP contribution in [0.25, 0.3) is 0 Å². The number of carbonyl (C=O) groups excluding carboxylic acids is 1. The van der Waals surface area contributed by atoms with Crippen LogP contribution in [0.1, 0.15) is 19.8 Å². The van der Waals surface area contributed by atoms with Crippen molar-refractivity contribution in [1.82, 2.24) is 5.32 Å². The molecule has 1 aliphatic rings. The average molecular weight is 186 g/mol. The van der Waals surface area contributed by atoms with E-state index in [0.717, 1.165) is 26.2 Å². The van der Waals surface area contributed by atoms with Crippen LogP contribution in [-0.2, 0) is 9.53 Å². The summed E-state index contributed by atoms with van der Waals surface area (Å²) in [6.07, 6.45) is 1.53. The molecule has 0 aromatic carbocycles. The molecule has 4 heteroatoms. The van der Waals surface area contributed by atoms with Gasteiger partial charge in [-0.1, -0.05) is 0 Å². The topological polar surface area (TPSA) is 64.4 Å². The summed E-state index contributed by atoms with van der Waals surface area (Å²) in [5.41, 5.74) is 5.07. The molecular weight excluding hydrogens is 168 g/mol. The fraction of sp³-hybridized carbons (Fsp3) is 0.889. The maximum Gasteiger partial charge on any atom is 0.218 e. The predicted octanol–water partition coefficient (Wildman–Crippen LogP) is -0.124. The smallest absolute Gasteiger partial charge is 0.218 e. The highest BCUT2D eigenvalue weighted by atomic mass is 16.5. The number of amides is 1. The van der Waals surface area contributed by atoms with Gasteiger partial charge in [-0.05, 0) is 19.3 Å². The Balaban J connectivity index is 2.06. The molecule has 0 bridgehead atoms. The van der Waals surface area contributed by atoms with Gasteiger partial charge in [-0.15, -0.1) is 0 Å². The monoisotopic (exact) mass is 186 g/mol. The Morgan fingerprint density at radius 1 is 1.77 bits per heavy atom. The molecule has 1 saturated heterocycles. The SMILES string of the molecule is CC(CC(N)=O)NCC1CCOC1. The normalized spacial score (nSPS) is 24.5. The first kappa shape index (κ1) is 10.5. The van der Waals surface area contributed by atoms with E-state index < -0.39 is 0 Å². The summed E-state index contributed by atoms with van der Waals surface area (Å²) in [4.78, 5) is 10.6. The zero-order valence-electron chi connectivity index (χ0n) is 8.08. The lowest BCUT2D eigenvalue weighted by Crippen LogP contribution is -2.34. The Morgan fingerprint density at radius 2 is 2.54 bits per heavy atom. The van der Waals surface area contributed by atoms with Gasteiger partial charge in [-0.2, -0.15) is 0 Å². The molecule has 0 aromatic heterocycles. The molecule has 1 fully saturated rings. The van der Waals surface area contributed by atoms with Crippen LogP contribution < -0.4 is 11.1 Å². The van der Waals surface area contributed by atoms with Crippen LogP contribution in [0.5, 0.6) is 0 Å². The first-order valence-corrected chi connectivity index (χ1v) is 4.78. The number of primary amides is 1. The van der Waals surface area contributed by atoms with E-state index >= 15 is 0 Å². The van der Waals surface area contributed by atoms with Crippen molar-refractivity contribution in [2.45, 2.75) is 25.8 Å². The summed E-state index contributed by atoms with van der Waals surface area (Å²) >= 11 is 0. The van der Waals surface area contributed by atoms with Gasteiger partial charge < -0.3 is 15.8 Å². The number of hydrogen-bond donors (Lipinski definition) is 2. The molecule has 0 aromatic rings. The molecule has 1 aliphatic heterocycles. The van der Waals surface area contributed by atoms with Gasteiger partial charge in [0.1, 0.15) is 0 Å². The second-order valence-electron chi connectivity index (χ2n) is 3.71. The zero-order chi connectivity index (χ0) is 9.68. The third kappa shape index (κ3) is 4.24. The maximum absolute atomic E-state index is 10.6. The highest BCUT2D eigenvalue weighted by Gasteiger charge is 2.16. The number of rotatable bonds is 5. The van der Waals surface area contributed by atoms with Gasteiger partial charge in [-0.25, -0.2) is 0 Å². The summed E-state index contributed by atoms with van der Waals surface area (Å²) in [6, 6.07) is 0.179. The van der Waals surface area contributed by atoms with Gasteiger partial charge >= 0.3 is 0 Å². The summed E-state index contributed by atoms with van der Waals surface area (Å²) in [6.45, 7) is 4.61. The minimum atomic E-state index is -0.248. The van der Waals surface area contributed by atoms with E-state index in [9.17, 15) is 4.79 Å². The molecule has 2 unspecified atom stereocenters. The molecule has 3 N–H and O–H groups in total. The lowest BCUT2D eigenvalue weighted by atomic mass is 10.1. The fourth-order valence-corrected chi connectivity index (χ4v) is 1.49. The molecule has 1 heterocycles. The number of nitrogens with two attached hydrogens (primary N) is 1. The number of hydrogen-bond acceptors (Lipinski definition) is 3. The Morgan fingerprint density at radius 3 is 3.08 bits per heavy atom. The molecule has 0 aliphatic carbocycles. The van der Waals surface area contributed by atoms with Crippen LogP contribution in [0.3, 0.4) is 0 Å². The van der Waals surface area contributed by atoms with Gasteiger partial charge in [0.15, 0.2) is 0 Å². The number of ether oxygens (including phenoxy) is 1. The van der Waals surface area contributed by atoms with Gasteiger partial charge in [-0.3, -0.25) is 4.79 Å². The van der Waals surface area contributed by atoms with E-state index in [1.165, 1.54) is 0 Å². The molecule has 2 atom stereocenters. The van der Waals surface area contributed by atoms with E-state index in [4.69, 9.17) is 10.5 Å². The molecule has 4 nitrogen and oxygen atoms in total. The minimum Gasteiger partial charge on any atom is -0.381 e. The predicted molar refractivity (Wildman–Crippen MR) is 50.2 cm³/mol. The third-order valence-electron chi connectivity index (χ3n) is 2.29. The van der Waals surface area contributed by atoms with Crippen molar-refractivity contribution in [3.63, 3.8) is 0 Å². The van der Waals surface area contributed by atoms with Crippen molar-refractivity contribution in [2.24, 2.45) is 11.7 Å². The van der Waals surface area contributed by atoms with E-state index in [-0.39, 0.29) is 11.9 Å². The van der Waals surface area contributed by atoms with Gasteiger partial charge in [0, 0.05) is 25.6 Å². The molecule has 1 rings (SSSR count). The van der Waals surface area contributed by atoms with Gasteiger partial charge in [0.25, 0.3) is 0 Å². The molecule has 13 heavy (non-hydrogen) atoms. The summed E-state index contributed by atoms with van der Waals surface area (Å²) < 4.78 is 5.24. The van der Waals surface area contributed by atoms with Gasteiger partial charge in [0.05, 0.1) is 6.61 Å². The molecule has 0 radical (unpaired) electrons. The molecule has 1 amide bonds. The highest BCUT2D eigenvalue weighted by molar-refractivity contribution is 5.74. The first-order chi connectivity index (χ1) is 6.18. The van der Waals surface area contributed by atoms with E-state index in [1.54, 1.807) is 0 Å². The van der Waals surface area contributed by atoms with Crippen LogP contribution in [-0.4, -0.2) is 31.7 Å². The third-order valence-corrected chi connectivity index (χ3v) is 2.29. The quantitative estimate of drug-likeness (QED) is 0.629. The summed E-state index contributed by atoms with van der Waals surface area (Å²) in [5.74, 6) is 0.359. The maximum atomic E-state index is 10.6. The van der Waals surface area contributed by atoms with Crippen molar-refractivity contribution in [1.29, 1.82) is 0 Å². The van der Waals surface area contributed by atoms with Crippen LogP contribution in [0.2, 0.25) is 0 Å². The summed E-state index contributed by atoms with van der Waals surface area (Å²) in [5, 5.41) is 3.28. The highest BCUT2D eigenvalue weighted by Crippen LogP contribution is 2.10. The fourth-order valence-electron chi connectivity index (χ4n) is 1.49. The lowest BCUT2D eigenvalue weighted by Gasteiger charge is -2.14. The van der Waals surface area contributed by atoms with Crippen molar-refractivity contribution < 1.29 is 9.53 Å². The van der Waals surface area contributed by atoms with Crippen molar-refractivity contribution in [2.75, 3.05) is 19.8 Å². The second-order valence-corrected chi connectivity index (χ2v) is 3.71. The zero-order valence-corrected chi connectivity index (χ0v) is 8.08. The molecule has 76 valence electrons. The Kier molecular flexibility index (Phi) is 4.18. The average Bonchev–Trinajstić information content (AvgIpc) is 2.51. The standard InChI is InChI=1S/C9H18N2O2/c1-7(4-9(10)12)11-5-8-2-3-13-6-8/h7-8,11H,2-6H2,1H3,(H2,10,12). The number of nitrogens with one attached hydrogen (secondary N) is 1. The largest absolute Gasteiger partial charge is 0.381 e. The van der Waals surface area contributed by atoms with Crippen molar-refractivity contribution in [3.8, 4) is 0 Å². The first-order valence-electron chi connectivity index (χ1n) is 4.78. The van der Waals surface area contributed by atoms with E-state index in [0.29, 0.717) is 12.3 Å². The van der Waals surface area contributed by atoms with Crippen LogP contribution in [0.4, 0.5) is 0 Å².